The molecule has 2 rings (SSSR count). The first-order chi connectivity index (χ1) is 11.0. The van der Waals surface area contributed by atoms with Gasteiger partial charge in [0.1, 0.15) is 5.75 Å². The summed E-state index contributed by atoms with van der Waals surface area (Å²) in [5, 5.41) is 2.67. The molecule has 2 aromatic rings. The van der Waals surface area contributed by atoms with Crippen molar-refractivity contribution in [1.82, 2.24) is 0 Å². The van der Waals surface area contributed by atoms with E-state index in [1.54, 1.807) is 36.4 Å². The van der Waals surface area contributed by atoms with E-state index in [4.69, 9.17) is 16.2 Å². The number of hydrogen-bond acceptors (Lipinski definition) is 4. The number of hydrogen-bond donors (Lipinski definition) is 3. The van der Waals surface area contributed by atoms with Crippen LogP contribution in [0.2, 0.25) is 0 Å². The van der Waals surface area contributed by atoms with Crippen molar-refractivity contribution >= 4 is 23.4 Å². The molecule has 7 nitrogen and oxygen atoms in total. The topological polar surface area (TPSA) is 125 Å². The van der Waals surface area contributed by atoms with E-state index in [0.717, 1.165) is 0 Å². The fraction of sp³-hybridized carbons (Fsp3) is 0.0625. The molecule has 5 N–H and O–H groups in total. The second-order valence-corrected chi connectivity index (χ2v) is 4.65. The first kappa shape index (κ1) is 16.0. The molecule has 0 fully saturated rings. The van der Waals surface area contributed by atoms with E-state index < -0.39 is 17.7 Å². The molecule has 7 heteroatoms. The molecule has 0 aliphatic rings. The number of amides is 3. The van der Waals surface area contributed by atoms with Crippen LogP contribution < -0.4 is 21.5 Å². The van der Waals surface area contributed by atoms with Gasteiger partial charge >= 0.3 is 0 Å². The summed E-state index contributed by atoms with van der Waals surface area (Å²) in [6.07, 6.45) is 0. The van der Waals surface area contributed by atoms with Crippen LogP contribution in [0.25, 0.3) is 0 Å². The van der Waals surface area contributed by atoms with Crippen molar-refractivity contribution < 1.29 is 19.1 Å². The van der Waals surface area contributed by atoms with Crippen molar-refractivity contribution in [2.24, 2.45) is 11.5 Å². The summed E-state index contributed by atoms with van der Waals surface area (Å²) >= 11 is 0. The minimum atomic E-state index is -0.637. The highest BCUT2D eigenvalue weighted by Crippen LogP contribution is 2.20. The normalized spacial score (nSPS) is 9.91. The largest absolute Gasteiger partial charge is 0.483 e. The van der Waals surface area contributed by atoms with Crippen molar-refractivity contribution in [3.63, 3.8) is 0 Å². The van der Waals surface area contributed by atoms with E-state index >= 15 is 0 Å². The van der Waals surface area contributed by atoms with Crippen molar-refractivity contribution in [2.45, 2.75) is 0 Å². The molecule has 23 heavy (non-hydrogen) atoms. The molecule has 118 valence electrons. The van der Waals surface area contributed by atoms with Crippen LogP contribution in [0.15, 0.2) is 48.5 Å². The summed E-state index contributed by atoms with van der Waals surface area (Å²) < 4.78 is 5.21. The first-order valence-corrected chi connectivity index (χ1v) is 6.68. The number of carbonyl (C=O) groups is 3. The first-order valence-electron chi connectivity index (χ1n) is 6.68. The van der Waals surface area contributed by atoms with Gasteiger partial charge in [0.2, 0.25) is 5.91 Å². The highest BCUT2D eigenvalue weighted by atomic mass is 16.5. The van der Waals surface area contributed by atoms with Crippen LogP contribution in [0.5, 0.6) is 5.75 Å². The summed E-state index contributed by atoms with van der Waals surface area (Å²) in [4.78, 5) is 34.1. The van der Waals surface area contributed by atoms with Gasteiger partial charge in [-0.05, 0) is 36.4 Å². The fourth-order valence-corrected chi connectivity index (χ4v) is 1.85. The number of rotatable bonds is 6. The maximum Gasteiger partial charge on any atom is 0.259 e. The Morgan fingerprint density at radius 2 is 1.61 bits per heavy atom. The number of anilines is 1. The van der Waals surface area contributed by atoms with Crippen LogP contribution in [0.3, 0.4) is 0 Å². The summed E-state index contributed by atoms with van der Waals surface area (Å²) in [6, 6.07) is 12.6. The lowest BCUT2D eigenvalue weighted by molar-refractivity contribution is -0.119. The van der Waals surface area contributed by atoms with Crippen LogP contribution in [-0.4, -0.2) is 24.3 Å². The molecule has 0 spiro atoms. The van der Waals surface area contributed by atoms with Gasteiger partial charge in [-0.2, -0.15) is 0 Å². The monoisotopic (exact) mass is 313 g/mol. The number of para-hydroxylation sites is 1. The Balaban J connectivity index is 2.14. The number of nitrogens with two attached hydrogens (primary N) is 2. The molecule has 0 aliphatic heterocycles. The van der Waals surface area contributed by atoms with E-state index in [1.165, 1.54) is 12.1 Å². The van der Waals surface area contributed by atoms with Crippen molar-refractivity contribution in [3.8, 4) is 5.75 Å². The van der Waals surface area contributed by atoms with Gasteiger partial charge in [0.15, 0.2) is 6.61 Å². The molecular weight excluding hydrogens is 298 g/mol. The van der Waals surface area contributed by atoms with Crippen LogP contribution in [0.1, 0.15) is 20.7 Å². The minimum absolute atomic E-state index is 0.248. The predicted octanol–water partition coefficient (Wildman–Crippen LogP) is 0.902. The molecule has 0 saturated heterocycles. The SMILES string of the molecule is NC(=O)COc1ccccc1C(=O)Nc1ccc(C(N)=O)cc1. The highest BCUT2D eigenvalue weighted by molar-refractivity contribution is 6.06. The molecule has 0 atom stereocenters. The van der Waals surface area contributed by atoms with Gasteiger partial charge in [-0.15, -0.1) is 0 Å². The van der Waals surface area contributed by atoms with E-state index in [1.807, 2.05) is 0 Å². The number of nitrogens with one attached hydrogen (secondary N) is 1. The lowest BCUT2D eigenvalue weighted by Crippen LogP contribution is -2.21. The molecule has 0 bridgehead atoms. The number of ether oxygens (including phenoxy) is 1. The second-order valence-electron chi connectivity index (χ2n) is 4.65. The summed E-state index contributed by atoms with van der Waals surface area (Å²) in [5.74, 6) is -1.36. The average molecular weight is 313 g/mol. The zero-order chi connectivity index (χ0) is 16.8. The number of carbonyl (C=O) groups excluding carboxylic acids is 3. The fourth-order valence-electron chi connectivity index (χ4n) is 1.85. The van der Waals surface area contributed by atoms with Crippen molar-refractivity contribution in [3.05, 3.63) is 59.7 Å². The van der Waals surface area contributed by atoms with E-state index in [2.05, 4.69) is 5.32 Å². The third-order valence-corrected chi connectivity index (χ3v) is 2.93. The summed E-state index contributed by atoms with van der Waals surface area (Å²) in [6.45, 7) is -0.322. The van der Waals surface area contributed by atoms with Crippen molar-refractivity contribution in [2.75, 3.05) is 11.9 Å². The van der Waals surface area contributed by atoms with Gasteiger partial charge < -0.3 is 21.5 Å². The molecule has 0 unspecified atom stereocenters. The zero-order valence-electron chi connectivity index (χ0n) is 12.1. The molecule has 0 saturated carbocycles. The van der Waals surface area contributed by atoms with Crippen LogP contribution in [0, 0.1) is 0 Å². The lowest BCUT2D eigenvalue weighted by atomic mass is 10.1. The molecule has 0 radical (unpaired) electrons. The van der Waals surface area contributed by atoms with Gasteiger partial charge in [0.25, 0.3) is 11.8 Å². The molecule has 3 amide bonds. The zero-order valence-corrected chi connectivity index (χ0v) is 12.1. The average Bonchev–Trinajstić information content (AvgIpc) is 2.53. The maximum absolute atomic E-state index is 12.3. The van der Waals surface area contributed by atoms with E-state index in [-0.39, 0.29) is 17.9 Å². The standard InChI is InChI=1S/C16H15N3O4/c17-14(20)9-23-13-4-2-1-3-12(13)16(22)19-11-7-5-10(6-8-11)15(18)21/h1-8H,9H2,(H2,17,20)(H2,18,21)(H,19,22). The van der Waals surface area contributed by atoms with Crippen LogP contribution in [0.4, 0.5) is 5.69 Å². The lowest BCUT2D eigenvalue weighted by Gasteiger charge is -2.10. The highest BCUT2D eigenvalue weighted by Gasteiger charge is 2.13. The third-order valence-electron chi connectivity index (χ3n) is 2.93. The van der Waals surface area contributed by atoms with Crippen LogP contribution in [-0.2, 0) is 4.79 Å². The number of benzene rings is 2. The Labute approximate surface area is 132 Å². The Hall–Kier alpha value is -3.35. The minimum Gasteiger partial charge on any atom is -0.483 e. The van der Waals surface area contributed by atoms with Gasteiger partial charge in [0, 0.05) is 11.3 Å². The molecule has 0 aliphatic carbocycles. The van der Waals surface area contributed by atoms with Gasteiger partial charge in [-0.25, -0.2) is 0 Å². The number of primary amides is 2. The quantitative estimate of drug-likeness (QED) is 0.732. The van der Waals surface area contributed by atoms with Crippen LogP contribution >= 0.6 is 0 Å². The van der Waals surface area contributed by atoms with Gasteiger partial charge in [0.05, 0.1) is 5.56 Å². The summed E-state index contributed by atoms with van der Waals surface area (Å²) in [5.41, 5.74) is 11.3. The maximum atomic E-state index is 12.3. The molecule has 2 aromatic carbocycles. The van der Waals surface area contributed by atoms with E-state index in [0.29, 0.717) is 11.3 Å². The molecule has 0 heterocycles. The smallest absolute Gasteiger partial charge is 0.259 e. The van der Waals surface area contributed by atoms with E-state index in [9.17, 15) is 14.4 Å². The predicted molar refractivity (Wildman–Crippen MR) is 84.0 cm³/mol. The van der Waals surface area contributed by atoms with Gasteiger partial charge in [-0.3, -0.25) is 14.4 Å². The Morgan fingerprint density at radius 1 is 0.957 bits per heavy atom. The second kappa shape index (κ2) is 7.08. The Morgan fingerprint density at radius 3 is 2.22 bits per heavy atom. The Kier molecular flexibility index (Phi) is 4.93. The van der Waals surface area contributed by atoms with Crippen molar-refractivity contribution in [1.29, 1.82) is 0 Å². The Bertz CT molecular complexity index is 741. The molecule has 0 aromatic heterocycles. The molecular formula is C16H15N3O4. The third kappa shape index (κ3) is 4.31. The van der Waals surface area contributed by atoms with Gasteiger partial charge in [-0.1, -0.05) is 12.1 Å². The summed E-state index contributed by atoms with van der Waals surface area (Å²) in [7, 11) is 0.